The van der Waals surface area contributed by atoms with Crippen molar-refractivity contribution in [1.29, 1.82) is 0 Å². The predicted molar refractivity (Wildman–Crippen MR) is 76.3 cm³/mol. The molecule has 3 aliphatic rings. The maximum Gasteiger partial charge on any atom is 0.241 e. The molecule has 1 aromatic rings. The third-order valence-electron chi connectivity index (χ3n) is 5.20. The van der Waals surface area contributed by atoms with Crippen molar-refractivity contribution in [3.05, 3.63) is 41.4 Å². The van der Waals surface area contributed by atoms with Gasteiger partial charge in [-0.3, -0.25) is 9.59 Å². The monoisotopic (exact) mass is 287 g/mol. The summed E-state index contributed by atoms with van der Waals surface area (Å²) in [4.78, 5) is 26.9. The molecule has 102 valence electrons. The topological polar surface area (TPSA) is 37.4 Å². The Bertz CT molecular complexity index is 651. The van der Waals surface area contributed by atoms with E-state index >= 15 is 0 Å². The first-order chi connectivity index (χ1) is 9.53. The average molecular weight is 288 g/mol. The molecule has 4 rings (SSSR count). The Morgan fingerprint density at radius 1 is 1.20 bits per heavy atom. The minimum Gasteiger partial charge on any atom is -0.274 e. The molecule has 1 saturated carbocycles. The molecule has 2 amide bonds. The van der Waals surface area contributed by atoms with Crippen molar-refractivity contribution < 1.29 is 9.59 Å². The van der Waals surface area contributed by atoms with Crippen LogP contribution in [-0.2, 0) is 9.59 Å². The minimum atomic E-state index is -0.559. The van der Waals surface area contributed by atoms with Crippen LogP contribution in [0, 0.1) is 23.2 Å². The number of amides is 2. The van der Waals surface area contributed by atoms with Gasteiger partial charge in [-0.15, -0.1) is 0 Å². The fourth-order valence-corrected chi connectivity index (χ4v) is 4.27. The Balaban J connectivity index is 1.80. The standard InChI is InChI=1S/C16H14ClNO2/c1-16-10-3-2-9(8-10)13(16)14(19)18(15(16)20)12-6-4-11(17)5-7-12/h2-7,9-10,13H,8H2,1H3/t9-,10-,13+,16-/m0/s1. The molecule has 20 heavy (non-hydrogen) atoms. The van der Waals surface area contributed by atoms with Gasteiger partial charge in [0, 0.05) is 5.02 Å². The van der Waals surface area contributed by atoms with Crippen LogP contribution in [0.4, 0.5) is 5.69 Å². The first-order valence-electron chi connectivity index (χ1n) is 6.86. The molecule has 0 aromatic heterocycles. The fraction of sp³-hybridized carbons (Fsp3) is 0.375. The number of hydrogen-bond donors (Lipinski definition) is 0. The summed E-state index contributed by atoms with van der Waals surface area (Å²) in [6.07, 6.45) is 5.15. The number of carbonyl (C=O) groups excluding carboxylic acids is 2. The Hall–Kier alpha value is -1.61. The second-order valence-electron chi connectivity index (χ2n) is 6.11. The fourth-order valence-electron chi connectivity index (χ4n) is 4.14. The molecule has 1 aliphatic heterocycles. The number of hydrogen-bond acceptors (Lipinski definition) is 2. The third-order valence-corrected chi connectivity index (χ3v) is 5.45. The molecule has 0 unspecified atom stereocenters. The van der Waals surface area contributed by atoms with Crippen molar-refractivity contribution >= 4 is 29.1 Å². The largest absolute Gasteiger partial charge is 0.274 e. The van der Waals surface area contributed by atoms with Gasteiger partial charge in [-0.05, 0) is 49.4 Å². The Labute approximate surface area is 122 Å². The van der Waals surface area contributed by atoms with Crippen molar-refractivity contribution in [3.8, 4) is 0 Å². The first kappa shape index (κ1) is 12.2. The number of fused-ring (bicyclic) bond motifs is 5. The van der Waals surface area contributed by atoms with Gasteiger partial charge in [0.15, 0.2) is 0 Å². The summed E-state index contributed by atoms with van der Waals surface area (Å²) in [5.41, 5.74) is 0.0651. The van der Waals surface area contributed by atoms with Crippen LogP contribution in [0.1, 0.15) is 13.3 Å². The van der Waals surface area contributed by atoms with Gasteiger partial charge in [0.25, 0.3) is 0 Å². The van der Waals surface area contributed by atoms with Crippen molar-refractivity contribution in [2.24, 2.45) is 23.2 Å². The van der Waals surface area contributed by atoms with E-state index in [-0.39, 0.29) is 29.6 Å². The van der Waals surface area contributed by atoms with E-state index in [1.807, 2.05) is 6.92 Å². The van der Waals surface area contributed by atoms with Crippen LogP contribution < -0.4 is 4.90 Å². The molecule has 4 heteroatoms. The molecule has 1 heterocycles. The molecule has 3 nitrogen and oxygen atoms in total. The van der Waals surface area contributed by atoms with Crippen LogP contribution in [0.2, 0.25) is 5.02 Å². The second kappa shape index (κ2) is 3.73. The van der Waals surface area contributed by atoms with E-state index in [1.165, 1.54) is 4.90 Å². The van der Waals surface area contributed by atoms with Gasteiger partial charge in [-0.1, -0.05) is 23.8 Å². The zero-order valence-electron chi connectivity index (χ0n) is 11.0. The Morgan fingerprint density at radius 2 is 1.90 bits per heavy atom. The second-order valence-corrected chi connectivity index (χ2v) is 6.54. The molecule has 0 spiro atoms. The summed E-state index contributed by atoms with van der Waals surface area (Å²) in [6, 6.07) is 6.89. The third kappa shape index (κ3) is 1.27. The van der Waals surface area contributed by atoms with E-state index in [2.05, 4.69) is 12.2 Å². The molecule has 1 aromatic carbocycles. The van der Waals surface area contributed by atoms with Crippen molar-refractivity contribution in [3.63, 3.8) is 0 Å². The molecule has 2 fully saturated rings. The summed E-state index contributed by atoms with van der Waals surface area (Å²) < 4.78 is 0. The lowest BCUT2D eigenvalue weighted by molar-refractivity contribution is -0.127. The van der Waals surface area contributed by atoms with E-state index in [1.54, 1.807) is 24.3 Å². The highest BCUT2D eigenvalue weighted by molar-refractivity contribution is 6.31. The van der Waals surface area contributed by atoms with Crippen molar-refractivity contribution in [2.45, 2.75) is 13.3 Å². The lowest BCUT2D eigenvalue weighted by atomic mass is 9.71. The van der Waals surface area contributed by atoms with Crippen LogP contribution >= 0.6 is 11.6 Å². The van der Waals surface area contributed by atoms with Gasteiger partial charge in [0.05, 0.1) is 17.0 Å². The van der Waals surface area contributed by atoms with Gasteiger partial charge in [-0.2, -0.15) is 0 Å². The van der Waals surface area contributed by atoms with Crippen LogP contribution in [-0.4, -0.2) is 11.8 Å². The highest BCUT2D eigenvalue weighted by atomic mass is 35.5. The van der Waals surface area contributed by atoms with E-state index in [4.69, 9.17) is 11.6 Å². The van der Waals surface area contributed by atoms with E-state index in [0.717, 1.165) is 6.42 Å². The number of anilines is 1. The lowest BCUT2D eigenvalue weighted by Crippen LogP contribution is -2.37. The maximum atomic E-state index is 12.8. The summed E-state index contributed by atoms with van der Waals surface area (Å²) >= 11 is 5.87. The lowest BCUT2D eigenvalue weighted by Gasteiger charge is -2.28. The molecule has 0 N–H and O–H groups in total. The minimum absolute atomic E-state index is 0.0586. The van der Waals surface area contributed by atoms with Crippen LogP contribution in [0.3, 0.4) is 0 Å². The van der Waals surface area contributed by atoms with Gasteiger partial charge in [-0.25, -0.2) is 4.90 Å². The SMILES string of the molecule is C[C@@]12C(=O)N(c3ccc(Cl)cc3)C(=O)[C@H]1[C@H]1C=C[C@H]2C1. The first-order valence-corrected chi connectivity index (χ1v) is 7.23. The van der Waals surface area contributed by atoms with Crippen molar-refractivity contribution in [2.75, 3.05) is 4.90 Å². The Kier molecular flexibility index (Phi) is 2.27. The normalized spacial score (nSPS) is 37.9. The number of benzene rings is 1. The van der Waals surface area contributed by atoms with Gasteiger partial charge >= 0.3 is 0 Å². The highest BCUT2D eigenvalue weighted by Gasteiger charge is 2.67. The number of carbonyl (C=O) groups is 2. The summed E-state index contributed by atoms with van der Waals surface area (Å²) in [7, 11) is 0. The van der Waals surface area contributed by atoms with Crippen molar-refractivity contribution in [1.82, 2.24) is 0 Å². The summed E-state index contributed by atoms with van der Waals surface area (Å²) in [5, 5.41) is 0.598. The molecule has 4 atom stereocenters. The van der Waals surface area contributed by atoms with E-state index in [9.17, 15) is 9.59 Å². The number of allylic oxidation sites excluding steroid dienone is 2. The molecular weight excluding hydrogens is 274 g/mol. The zero-order chi connectivity index (χ0) is 14.1. The highest BCUT2D eigenvalue weighted by Crippen LogP contribution is 2.60. The van der Waals surface area contributed by atoms with Gasteiger partial charge in [0.2, 0.25) is 11.8 Å². The average Bonchev–Trinajstić information content (AvgIpc) is 3.05. The van der Waals surface area contributed by atoms with Crippen LogP contribution in [0.25, 0.3) is 0 Å². The van der Waals surface area contributed by atoms with Gasteiger partial charge in [0.1, 0.15) is 0 Å². The van der Waals surface area contributed by atoms with Crippen LogP contribution in [0.15, 0.2) is 36.4 Å². The molecule has 0 radical (unpaired) electrons. The smallest absolute Gasteiger partial charge is 0.241 e. The zero-order valence-corrected chi connectivity index (χ0v) is 11.8. The Morgan fingerprint density at radius 3 is 2.55 bits per heavy atom. The number of halogens is 1. The molecule has 1 saturated heterocycles. The number of rotatable bonds is 1. The van der Waals surface area contributed by atoms with Crippen LogP contribution in [0.5, 0.6) is 0 Å². The number of imide groups is 1. The summed E-state index contributed by atoms with van der Waals surface area (Å²) in [6.45, 7) is 1.95. The molecule has 2 aliphatic carbocycles. The number of nitrogens with zero attached hydrogens (tertiary/aromatic N) is 1. The quantitative estimate of drug-likeness (QED) is 0.588. The molecular formula is C16H14ClNO2. The van der Waals surface area contributed by atoms with E-state index < -0.39 is 5.41 Å². The van der Waals surface area contributed by atoms with E-state index in [0.29, 0.717) is 10.7 Å². The summed E-state index contributed by atoms with van der Waals surface area (Å²) in [5.74, 6) is 0.106. The van der Waals surface area contributed by atoms with Gasteiger partial charge < -0.3 is 0 Å². The molecule has 2 bridgehead atoms. The predicted octanol–water partition coefficient (Wildman–Crippen LogP) is 3.04. The maximum absolute atomic E-state index is 12.8.